The van der Waals surface area contributed by atoms with Crippen LogP contribution in [0.15, 0.2) is 4.79 Å². The minimum absolute atomic E-state index is 0.199. The molecule has 5 nitrogen and oxygen atoms in total. The molecule has 0 aliphatic rings. The number of hydrogen-bond donors (Lipinski definition) is 1. The zero-order valence-corrected chi connectivity index (χ0v) is 10.9. The lowest BCUT2D eigenvalue weighted by atomic mass is 10.2. The molecule has 9 heteroatoms. The molecule has 0 fully saturated rings. The Hall–Kier alpha value is -1.57. The number of aromatic amines is 1. The molecule has 0 saturated heterocycles. The van der Waals surface area contributed by atoms with Gasteiger partial charge in [0.2, 0.25) is 0 Å². The maximum Gasteiger partial charge on any atom is 0.434 e. The van der Waals surface area contributed by atoms with Crippen LogP contribution in [0.1, 0.15) is 17.0 Å². The number of aromatic nitrogens is 3. The van der Waals surface area contributed by atoms with E-state index in [1.165, 1.54) is 13.0 Å². The molecule has 0 aliphatic carbocycles. The number of aryl methyl sites for hydroxylation is 1. The summed E-state index contributed by atoms with van der Waals surface area (Å²) in [4.78, 5) is 15.6. The standard InChI is InChI=1S/C9H4F3IN4O/c1-3-5(13)8(18)17-7(15-3)4(2-14)6(16-17)9(10,11)12/h16H,1H3. The highest BCUT2D eigenvalue weighted by Crippen LogP contribution is 2.31. The molecule has 0 aromatic carbocycles. The summed E-state index contributed by atoms with van der Waals surface area (Å²) in [5, 5.41) is 10.7. The van der Waals surface area contributed by atoms with E-state index in [0.717, 1.165) is 0 Å². The molecule has 0 bridgehead atoms. The second-order valence-electron chi connectivity index (χ2n) is 3.45. The number of fused-ring (bicyclic) bond motifs is 1. The molecule has 18 heavy (non-hydrogen) atoms. The first kappa shape index (κ1) is 12.9. The molecule has 2 aromatic rings. The van der Waals surface area contributed by atoms with Gasteiger partial charge in [0, 0.05) is 0 Å². The van der Waals surface area contributed by atoms with E-state index in [1.54, 1.807) is 22.6 Å². The number of hydrogen-bond acceptors (Lipinski definition) is 3. The van der Waals surface area contributed by atoms with Gasteiger partial charge in [-0.05, 0) is 29.5 Å². The number of nitriles is 1. The number of halogens is 4. The quantitative estimate of drug-likeness (QED) is 0.722. The van der Waals surface area contributed by atoms with E-state index in [0.29, 0.717) is 4.52 Å². The van der Waals surface area contributed by atoms with E-state index >= 15 is 0 Å². The molecule has 1 N–H and O–H groups in total. The maximum atomic E-state index is 12.7. The molecule has 0 atom stereocenters. The van der Waals surface area contributed by atoms with Crippen molar-refractivity contribution in [2.24, 2.45) is 0 Å². The van der Waals surface area contributed by atoms with Gasteiger partial charge in [-0.3, -0.25) is 9.89 Å². The predicted molar refractivity (Wildman–Crippen MR) is 63.0 cm³/mol. The van der Waals surface area contributed by atoms with Gasteiger partial charge in [0.1, 0.15) is 15.2 Å². The zero-order chi connectivity index (χ0) is 13.7. The van der Waals surface area contributed by atoms with Crippen molar-refractivity contribution in [1.82, 2.24) is 14.6 Å². The third kappa shape index (κ3) is 1.76. The van der Waals surface area contributed by atoms with Crippen LogP contribution in [0.4, 0.5) is 13.2 Å². The number of H-pyrrole nitrogens is 1. The van der Waals surface area contributed by atoms with E-state index in [1.807, 2.05) is 5.10 Å². The fraction of sp³-hybridized carbons (Fsp3) is 0.222. The Morgan fingerprint density at radius 1 is 1.50 bits per heavy atom. The highest BCUT2D eigenvalue weighted by atomic mass is 127. The largest absolute Gasteiger partial charge is 0.434 e. The van der Waals surface area contributed by atoms with E-state index in [-0.39, 0.29) is 14.9 Å². The number of alkyl halides is 3. The van der Waals surface area contributed by atoms with Crippen molar-refractivity contribution < 1.29 is 13.2 Å². The van der Waals surface area contributed by atoms with Crippen LogP contribution < -0.4 is 5.56 Å². The molecular formula is C9H4F3IN4O. The summed E-state index contributed by atoms with van der Waals surface area (Å²) < 4.78 is 38.9. The highest BCUT2D eigenvalue weighted by Gasteiger charge is 2.38. The summed E-state index contributed by atoms with van der Waals surface area (Å²) in [6.07, 6.45) is -4.75. The fourth-order valence-electron chi connectivity index (χ4n) is 1.47. The Labute approximate surface area is 111 Å². The van der Waals surface area contributed by atoms with Crippen LogP contribution in [0, 0.1) is 21.8 Å². The number of rotatable bonds is 0. The molecule has 0 aliphatic heterocycles. The third-order valence-electron chi connectivity index (χ3n) is 2.29. The first-order valence-electron chi connectivity index (χ1n) is 4.55. The lowest BCUT2D eigenvalue weighted by Gasteiger charge is -2.01. The van der Waals surface area contributed by atoms with Crippen LogP contribution in [-0.4, -0.2) is 14.6 Å². The Morgan fingerprint density at radius 3 is 2.61 bits per heavy atom. The Morgan fingerprint density at radius 2 is 2.11 bits per heavy atom. The molecule has 94 valence electrons. The molecule has 0 spiro atoms. The van der Waals surface area contributed by atoms with Gasteiger partial charge in [0.15, 0.2) is 11.3 Å². The van der Waals surface area contributed by atoms with Crippen LogP contribution in [0.25, 0.3) is 5.65 Å². The Balaban J connectivity index is 3.01. The number of nitrogens with one attached hydrogen (secondary N) is 1. The topological polar surface area (TPSA) is 73.9 Å². The summed E-state index contributed by atoms with van der Waals surface area (Å²) in [5.41, 5.74) is -2.64. The first-order valence-corrected chi connectivity index (χ1v) is 5.63. The number of nitrogens with zero attached hydrogens (tertiary/aromatic N) is 3. The summed E-state index contributed by atoms with van der Waals surface area (Å²) >= 11 is 1.69. The van der Waals surface area contributed by atoms with Crippen molar-refractivity contribution in [3.63, 3.8) is 0 Å². The molecule has 0 amide bonds. The van der Waals surface area contributed by atoms with Gasteiger partial charge in [-0.1, -0.05) is 0 Å². The van der Waals surface area contributed by atoms with Crippen molar-refractivity contribution in [1.29, 1.82) is 5.26 Å². The monoisotopic (exact) mass is 368 g/mol. The van der Waals surface area contributed by atoms with E-state index in [2.05, 4.69) is 4.98 Å². The fourth-order valence-corrected chi connectivity index (χ4v) is 1.83. The second-order valence-corrected chi connectivity index (χ2v) is 4.53. The minimum Gasteiger partial charge on any atom is -0.284 e. The SMILES string of the molecule is Cc1nc2c(C#N)c(C(F)(F)F)[nH]n2c(=O)c1I. The van der Waals surface area contributed by atoms with Gasteiger partial charge in [0.05, 0.1) is 5.69 Å². The van der Waals surface area contributed by atoms with Gasteiger partial charge in [-0.25, -0.2) is 4.98 Å². The molecule has 0 radical (unpaired) electrons. The van der Waals surface area contributed by atoms with Crippen molar-refractivity contribution >= 4 is 28.2 Å². The molecule has 2 rings (SSSR count). The molecule has 2 heterocycles. The van der Waals surface area contributed by atoms with Gasteiger partial charge < -0.3 is 0 Å². The molecular weight excluding hydrogens is 364 g/mol. The van der Waals surface area contributed by atoms with Crippen LogP contribution >= 0.6 is 22.6 Å². The van der Waals surface area contributed by atoms with Crippen molar-refractivity contribution in [2.45, 2.75) is 13.1 Å². The summed E-state index contributed by atoms with van der Waals surface area (Å²) in [7, 11) is 0. The lowest BCUT2D eigenvalue weighted by Crippen LogP contribution is -2.20. The highest BCUT2D eigenvalue weighted by molar-refractivity contribution is 14.1. The predicted octanol–water partition coefficient (Wildman–Crippen LogP) is 1.83. The van der Waals surface area contributed by atoms with Crippen molar-refractivity contribution in [2.75, 3.05) is 0 Å². The molecule has 2 aromatic heterocycles. The smallest absolute Gasteiger partial charge is 0.284 e. The van der Waals surface area contributed by atoms with Gasteiger partial charge >= 0.3 is 6.18 Å². The Kier molecular flexibility index (Phi) is 2.84. The lowest BCUT2D eigenvalue weighted by molar-refractivity contribution is -0.141. The summed E-state index contributed by atoms with van der Waals surface area (Å²) in [6.45, 7) is 1.49. The van der Waals surface area contributed by atoms with E-state index in [9.17, 15) is 18.0 Å². The van der Waals surface area contributed by atoms with Crippen LogP contribution in [0.5, 0.6) is 0 Å². The van der Waals surface area contributed by atoms with Gasteiger partial charge in [-0.15, -0.1) is 0 Å². The van der Waals surface area contributed by atoms with Gasteiger partial charge in [-0.2, -0.15) is 22.9 Å². The van der Waals surface area contributed by atoms with E-state index in [4.69, 9.17) is 5.26 Å². The maximum absolute atomic E-state index is 12.7. The van der Waals surface area contributed by atoms with E-state index < -0.39 is 23.0 Å². The van der Waals surface area contributed by atoms with Crippen molar-refractivity contribution in [3.05, 3.63) is 30.9 Å². The minimum atomic E-state index is -4.75. The van der Waals surface area contributed by atoms with Crippen LogP contribution in [-0.2, 0) is 6.18 Å². The average Bonchev–Trinajstić information content (AvgIpc) is 2.64. The summed E-state index contributed by atoms with van der Waals surface area (Å²) in [6, 6.07) is 1.42. The van der Waals surface area contributed by atoms with Crippen molar-refractivity contribution in [3.8, 4) is 6.07 Å². The normalized spacial score (nSPS) is 11.8. The average molecular weight is 368 g/mol. The van der Waals surface area contributed by atoms with Crippen LogP contribution in [0.3, 0.4) is 0 Å². The molecule has 0 saturated carbocycles. The Bertz CT molecular complexity index is 737. The van der Waals surface area contributed by atoms with Crippen LogP contribution in [0.2, 0.25) is 0 Å². The van der Waals surface area contributed by atoms with Gasteiger partial charge in [0.25, 0.3) is 5.56 Å². The zero-order valence-electron chi connectivity index (χ0n) is 8.76. The first-order chi connectivity index (χ1) is 8.27. The molecule has 0 unspecified atom stereocenters. The third-order valence-corrected chi connectivity index (χ3v) is 3.53. The second kappa shape index (κ2) is 3.98. The summed E-state index contributed by atoms with van der Waals surface area (Å²) in [5.74, 6) is 0.